The number of aromatic carboxylic acids is 1. The summed E-state index contributed by atoms with van der Waals surface area (Å²) in [5.41, 5.74) is 0.896. The average molecular weight is 716 g/mol. The third kappa shape index (κ3) is 10.1. The Bertz CT molecular complexity index is 970. The molecule has 192 valence electrons. The number of aliphatic carboxylic acids is 1. The van der Waals surface area contributed by atoms with Gasteiger partial charge in [-0.15, -0.1) is 0 Å². The Hall–Kier alpha value is -1.60. The first-order valence-corrected chi connectivity index (χ1v) is 12.5. The molecule has 0 aliphatic carbocycles. The highest BCUT2D eigenvalue weighted by atomic mass is 127. The quantitative estimate of drug-likeness (QED) is 0.109. The number of hydrogen-bond donors (Lipinski definition) is 7. The van der Waals surface area contributed by atoms with Crippen molar-refractivity contribution in [3.8, 4) is 11.5 Å². The minimum absolute atomic E-state index is 0.146. The highest BCUT2D eigenvalue weighted by molar-refractivity contribution is 14.1. The van der Waals surface area contributed by atoms with Crippen molar-refractivity contribution in [2.45, 2.75) is 25.0 Å². The molecule has 11 nitrogen and oxygen atoms in total. The largest absolute Gasteiger partial charge is 0.480 e. The molecule has 2 aromatic carbocycles. The molecular weight excluding hydrogens is 690 g/mol. The van der Waals surface area contributed by atoms with Crippen LogP contribution in [-0.4, -0.2) is 92.3 Å². The van der Waals surface area contributed by atoms with Crippen LogP contribution in [0.2, 0.25) is 0 Å². The van der Waals surface area contributed by atoms with Crippen molar-refractivity contribution >= 4 is 57.1 Å². The lowest BCUT2D eigenvalue weighted by Crippen LogP contribution is -2.45. The van der Waals surface area contributed by atoms with Crippen LogP contribution >= 0.6 is 45.2 Å². The molecule has 0 aliphatic heterocycles. The Kier molecular flexibility index (Phi) is 12.0. The molecule has 2 rings (SSSR count). The monoisotopic (exact) mass is 716 g/mol. The number of hydrogen-bond acceptors (Lipinski definition) is 9. The highest BCUT2D eigenvalue weighted by Crippen LogP contribution is 2.33. The third-order valence-corrected chi connectivity index (χ3v) is 6.38. The molecule has 35 heavy (non-hydrogen) atoms. The highest BCUT2D eigenvalue weighted by Gasteiger charge is 2.20. The Morgan fingerprint density at radius 1 is 0.943 bits per heavy atom. The summed E-state index contributed by atoms with van der Waals surface area (Å²) in [6.45, 7) is -0.0957. The molecule has 0 saturated carbocycles. The summed E-state index contributed by atoms with van der Waals surface area (Å²) in [7, 11) is 0. The SMILES string of the molecule is O=C(O)c1ccc(Oc2c(I)cc(C[C@H](NCCN(CC(O)O)CC(O)O)C(=O)O)cc2I)cc1. The Morgan fingerprint density at radius 2 is 1.49 bits per heavy atom. The van der Waals surface area contributed by atoms with Gasteiger partial charge in [-0.25, -0.2) is 4.79 Å². The summed E-state index contributed by atoms with van der Waals surface area (Å²) in [6, 6.07) is 8.68. The predicted molar refractivity (Wildman–Crippen MR) is 141 cm³/mol. The fourth-order valence-electron chi connectivity index (χ4n) is 3.21. The summed E-state index contributed by atoms with van der Waals surface area (Å²) >= 11 is 4.17. The second-order valence-electron chi connectivity index (χ2n) is 7.59. The van der Waals surface area contributed by atoms with Crippen LogP contribution in [0.3, 0.4) is 0 Å². The summed E-state index contributed by atoms with van der Waals surface area (Å²) in [4.78, 5) is 24.2. The number of nitrogens with zero attached hydrogens (tertiary/aromatic N) is 1. The van der Waals surface area contributed by atoms with E-state index in [9.17, 15) is 14.7 Å². The molecule has 0 heterocycles. The summed E-state index contributed by atoms with van der Waals surface area (Å²) in [5.74, 6) is -1.06. The lowest BCUT2D eigenvalue weighted by molar-refractivity contribution is -0.139. The van der Waals surface area contributed by atoms with Gasteiger partial charge in [0.15, 0.2) is 18.3 Å². The van der Waals surface area contributed by atoms with E-state index >= 15 is 0 Å². The van der Waals surface area contributed by atoms with E-state index in [1.807, 2.05) is 0 Å². The summed E-state index contributed by atoms with van der Waals surface area (Å²) in [6.07, 6.45) is -3.16. The van der Waals surface area contributed by atoms with Crippen LogP contribution in [0.5, 0.6) is 11.5 Å². The number of aliphatic hydroxyl groups excluding tert-OH is 2. The van der Waals surface area contributed by atoms with Gasteiger partial charge in [0.25, 0.3) is 0 Å². The van der Waals surface area contributed by atoms with Crippen molar-refractivity contribution in [1.29, 1.82) is 0 Å². The van der Waals surface area contributed by atoms with Gasteiger partial charge in [-0.05, 0) is 93.6 Å². The second-order valence-corrected chi connectivity index (χ2v) is 9.91. The summed E-state index contributed by atoms with van der Waals surface area (Å²) in [5, 5.41) is 58.1. The standard InChI is InChI=1S/C22H26I2N2O9/c23-15-7-12(8-16(24)20(15)35-14-3-1-13(2-4-14)21(31)32)9-17(22(33)34)25-5-6-26(10-18(27)28)11-19(29)30/h1-4,7-8,17-19,25,27-30H,5-6,9-11H2,(H,31,32)(H,33,34)/t17-/m0/s1. The lowest BCUT2D eigenvalue weighted by atomic mass is 10.1. The van der Waals surface area contributed by atoms with E-state index in [4.69, 9.17) is 30.3 Å². The topological polar surface area (TPSA) is 180 Å². The van der Waals surface area contributed by atoms with Crippen LogP contribution in [-0.2, 0) is 11.2 Å². The van der Waals surface area contributed by atoms with E-state index in [1.54, 1.807) is 24.3 Å². The van der Waals surface area contributed by atoms with E-state index in [1.165, 1.54) is 17.0 Å². The van der Waals surface area contributed by atoms with Gasteiger partial charge in [0.1, 0.15) is 11.8 Å². The molecule has 2 aromatic rings. The number of benzene rings is 2. The zero-order chi connectivity index (χ0) is 26.1. The molecule has 0 radical (unpaired) electrons. The number of rotatable bonds is 14. The first kappa shape index (κ1) is 29.6. The average Bonchev–Trinajstić information content (AvgIpc) is 2.75. The predicted octanol–water partition coefficient (Wildman–Crippen LogP) is 0.895. The van der Waals surface area contributed by atoms with Gasteiger partial charge in [0, 0.05) is 26.2 Å². The molecule has 0 amide bonds. The number of aliphatic hydroxyl groups is 4. The minimum Gasteiger partial charge on any atom is -0.480 e. The number of ether oxygens (including phenoxy) is 1. The maximum absolute atomic E-state index is 11.8. The molecule has 0 fully saturated rings. The first-order valence-electron chi connectivity index (χ1n) is 10.4. The fraction of sp³-hybridized carbons (Fsp3) is 0.364. The lowest BCUT2D eigenvalue weighted by Gasteiger charge is -2.25. The molecule has 0 bridgehead atoms. The van der Waals surface area contributed by atoms with Gasteiger partial charge in [-0.3, -0.25) is 9.69 Å². The van der Waals surface area contributed by atoms with Gasteiger partial charge in [0.2, 0.25) is 0 Å². The van der Waals surface area contributed by atoms with Gasteiger partial charge < -0.3 is 40.7 Å². The zero-order valence-electron chi connectivity index (χ0n) is 18.3. The molecular formula is C22H26I2N2O9. The van der Waals surface area contributed by atoms with Crippen molar-refractivity contribution in [3.05, 3.63) is 54.7 Å². The van der Waals surface area contributed by atoms with Crippen LogP contribution < -0.4 is 10.1 Å². The second kappa shape index (κ2) is 14.2. The van der Waals surface area contributed by atoms with Gasteiger partial charge in [-0.1, -0.05) is 0 Å². The number of carboxylic acid groups (broad SMARTS) is 2. The van der Waals surface area contributed by atoms with Crippen LogP contribution in [0.15, 0.2) is 36.4 Å². The maximum Gasteiger partial charge on any atom is 0.335 e. The Morgan fingerprint density at radius 3 is 1.94 bits per heavy atom. The molecule has 0 saturated heterocycles. The number of carboxylic acids is 2. The third-order valence-electron chi connectivity index (χ3n) is 4.78. The number of halogens is 2. The molecule has 1 atom stereocenters. The zero-order valence-corrected chi connectivity index (χ0v) is 22.7. The van der Waals surface area contributed by atoms with E-state index in [-0.39, 0.29) is 38.2 Å². The first-order chi connectivity index (χ1) is 16.5. The molecule has 0 aliphatic rings. The van der Waals surface area contributed by atoms with Crippen molar-refractivity contribution in [1.82, 2.24) is 10.2 Å². The molecule has 7 N–H and O–H groups in total. The van der Waals surface area contributed by atoms with Crippen LogP contribution in [0.4, 0.5) is 0 Å². The Balaban J connectivity index is 2.05. The number of carbonyl (C=O) groups is 2. The summed E-state index contributed by atoms with van der Waals surface area (Å²) < 4.78 is 7.40. The van der Waals surface area contributed by atoms with E-state index in [2.05, 4.69) is 50.5 Å². The maximum atomic E-state index is 11.8. The van der Waals surface area contributed by atoms with Crippen molar-refractivity contribution in [2.24, 2.45) is 0 Å². The Labute approximate surface area is 228 Å². The normalized spacial score (nSPS) is 12.4. The molecule has 13 heteroatoms. The van der Waals surface area contributed by atoms with Gasteiger partial charge in [0.05, 0.1) is 12.7 Å². The van der Waals surface area contributed by atoms with E-state index < -0.39 is 30.6 Å². The van der Waals surface area contributed by atoms with E-state index in [0.717, 1.165) is 12.7 Å². The molecule has 0 unspecified atom stereocenters. The minimum atomic E-state index is -1.66. The fourth-order valence-corrected chi connectivity index (χ4v) is 5.33. The molecule has 0 spiro atoms. The van der Waals surface area contributed by atoms with Crippen molar-refractivity contribution in [3.63, 3.8) is 0 Å². The van der Waals surface area contributed by atoms with Gasteiger partial charge >= 0.3 is 11.9 Å². The van der Waals surface area contributed by atoms with Crippen molar-refractivity contribution < 1.29 is 45.0 Å². The van der Waals surface area contributed by atoms with Gasteiger partial charge in [-0.2, -0.15) is 0 Å². The van der Waals surface area contributed by atoms with E-state index in [0.29, 0.717) is 11.5 Å². The van der Waals surface area contributed by atoms with Crippen LogP contribution in [0.1, 0.15) is 15.9 Å². The smallest absolute Gasteiger partial charge is 0.335 e. The number of nitrogens with one attached hydrogen (secondary N) is 1. The molecule has 0 aromatic heterocycles. The van der Waals surface area contributed by atoms with Crippen LogP contribution in [0, 0.1) is 7.14 Å². The van der Waals surface area contributed by atoms with Crippen molar-refractivity contribution in [2.75, 3.05) is 26.2 Å². The van der Waals surface area contributed by atoms with Crippen LogP contribution in [0.25, 0.3) is 0 Å².